The third-order valence-corrected chi connectivity index (χ3v) is 12.0. The molecule has 0 spiro atoms. The van der Waals surface area contributed by atoms with Gasteiger partial charge in [0.15, 0.2) is 0 Å². The van der Waals surface area contributed by atoms with E-state index in [1.54, 1.807) is 0 Å². The normalized spacial score (nSPS) is 13.0. The topological polar surface area (TPSA) is 25.3 Å². The number of unbranched alkanes of at least 4 members (excludes halogenated alkanes) is 27. The van der Waals surface area contributed by atoms with Gasteiger partial charge in [-0.15, -0.1) is 0 Å². The molecule has 302 valence electrons. The predicted molar refractivity (Wildman–Crippen MR) is 239 cm³/mol. The van der Waals surface area contributed by atoms with E-state index in [-0.39, 0.29) is 0 Å². The fraction of sp³-hybridized carbons (Fsp3) is 0.692. The van der Waals surface area contributed by atoms with E-state index in [4.69, 9.17) is 0 Å². The van der Waals surface area contributed by atoms with Gasteiger partial charge in [-0.05, 0) is 73.9 Å². The molecule has 0 fully saturated rings. The summed E-state index contributed by atoms with van der Waals surface area (Å²) in [5.41, 5.74) is 19.6. The Hall–Kier alpha value is -2.48. The molecule has 0 unspecified atom stereocenters. The summed E-state index contributed by atoms with van der Waals surface area (Å²) in [6.07, 6.45) is 47.4. The second kappa shape index (κ2) is 30.7. The highest BCUT2D eigenvalue weighted by atomic mass is 15.2. The van der Waals surface area contributed by atoms with Gasteiger partial charge in [0.2, 0.25) is 11.4 Å². The van der Waals surface area contributed by atoms with Crippen LogP contribution < -0.4 is 0 Å². The summed E-state index contributed by atoms with van der Waals surface area (Å²) in [7, 11) is 0. The molecule has 2 heteroatoms. The van der Waals surface area contributed by atoms with Crippen molar-refractivity contribution in [3.63, 3.8) is 0 Å². The number of benzene rings is 2. The Morgan fingerprint density at radius 2 is 0.667 bits per heavy atom. The quantitative estimate of drug-likeness (QED) is 0.0497. The monoisotopic (exact) mass is 737 g/mol. The number of hydrogen-bond donors (Lipinski definition) is 0. The van der Waals surface area contributed by atoms with Crippen molar-refractivity contribution in [2.75, 3.05) is 0 Å². The molecule has 0 radical (unpaired) electrons. The van der Waals surface area contributed by atoms with Gasteiger partial charge in [0, 0.05) is 22.8 Å². The molecule has 0 saturated carbocycles. The highest BCUT2D eigenvalue weighted by Crippen LogP contribution is 2.37. The first-order chi connectivity index (χ1) is 26.7. The molecule has 0 atom stereocenters. The predicted octanol–water partition coefficient (Wildman–Crippen LogP) is 17.7. The van der Waals surface area contributed by atoms with E-state index in [9.17, 15) is 5.53 Å². The zero-order chi connectivity index (χ0) is 38.3. The lowest BCUT2D eigenvalue weighted by Crippen LogP contribution is -2.02. The molecule has 1 heterocycles. The Kier molecular flexibility index (Phi) is 26.1. The van der Waals surface area contributed by atoms with Crippen molar-refractivity contribution >= 4 is 11.4 Å². The lowest BCUT2D eigenvalue weighted by molar-refractivity contribution is -0.344. The standard InChI is InChI=1S/C52H84N2/c1-4-7-10-12-13-14-15-16-17-18-19-20-21-22-23-24-25-26-27-28-29-30-31-33-35-47-39-43-49(44-40-47)52-50(36-9-6-3)45-51(54(52)53)48-41-37-46(38-42-48)34-32-11-8-5-2/h37-45H,4-36H2,1-3H3. The molecule has 1 aliphatic heterocycles. The van der Waals surface area contributed by atoms with Gasteiger partial charge >= 0.3 is 0 Å². The maximum absolute atomic E-state index is 11.5. The van der Waals surface area contributed by atoms with Gasteiger partial charge in [-0.1, -0.05) is 218 Å². The minimum absolute atomic E-state index is 0.901. The molecule has 0 aromatic heterocycles. The van der Waals surface area contributed by atoms with Crippen molar-refractivity contribution in [1.29, 1.82) is 0 Å². The number of aryl methyl sites for hydroxylation is 2. The summed E-state index contributed by atoms with van der Waals surface area (Å²) in [5, 5.41) is 0. The lowest BCUT2D eigenvalue weighted by atomic mass is 9.99. The Bertz CT molecular complexity index is 1280. The average Bonchev–Trinajstić information content (AvgIpc) is 3.53. The van der Waals surface area contributed by atoms with Gasteiger partial charge < -0.3 is 5.53 Å². The average molecular weight is 737 g/mol. The van der Waals surface area contributed by atoms with Crippen molar-refractivity contribution in [2.45, 2.75) is 233 Å². The first-order valence-corrected chi connectivity index (χ1v) is 23.8. The number of allylic oxidation sites excluding steroid dienone is 2. The Balaban J connectivity index is 1.20. The molecular formula is C52H84N2. The van der Waals surface area contributed by atoms with Crippen molar-refractivity contribution in [1.82, 2.24) is 0 Å². The van der Waals surface area contributed by atoms with Crippen LogP contribution in [0.25, 0.3) is 16.9 Å². The second-order valence-corrected chi connectivity index (χ2v) is 16.9. The minimum atomic E-state index is 0.901. The van der Waals surface area contributed by atoms with Crippen LogP contribution in [0.15, 0.2) is 60.2 Å². The van der Waals surface area contributed by atoms with Crippen LogP contribution in [-0.2, 0) is 12.8 Å². The van der Waals surface area contributed by atoms with E-state index in [0.717, 1.165) is 54.6 Å². The third kappa shape index (κ3) is 19.4. The summed E-state index contributed by atoms with van der Waals surface area (Å²) in [6, 6.07) is 17.9. The van der Waals surface area contributed by atoms with Crippen LogP contribution in [-0.4, -0.2) is 4.70 Å². The van der Waals surface area contributed by atoms with Crippen LogP contribution in [0.2, 0.25) is 0 Å². The molecule has 0 amide bonds. The highest BCUT2D eigenvalue weighted by molar-refractivity contribution is 5.78. The molecule has 54 heavy (non-hydrogen) atoms. The molecule has 0 aliphatic carbocycles. The molecule has 3 rings (SSSR count). The fourth-order valence-electron chi connectivity index (χ4n) is 8.34. The summed E-state index contributed by atoms with van der Waals surface area (Å²) >= 11 is 0. The molecule has 0 saturated heterocycles. The van der Waals surface area contributed by atoms with Crippen LogP contribution in [0.1, 0.15) is 242 Å². The van der Waals surface area contributed by atoms with Gasteiger partial charge in [0.25, 0.3) is 0 Å². The Morgan fingerprint density at radius 3 is 1.04 bits per heavy atom. The summed E-state index contributed by atoms with van der Waals surface area (Å²) in [4.78, 5) is 0. The summed E-state index contributed by atoms with van der Waals surface area (Å²) < 4.78 is 1.46. The summed E-state index contributed by atoms with van der Waals surface area (Å²) in [6.45, 7) is 6.81. The largest absolute Gasteiger partial charge is 0.493 e. The minimum Gasteiger partial charge on any atom is -0.493 e. The first kappa shape index (κ1) is 45.9. The zero-order valence-corrected chi connectivity index (χ0v) is 35.9. The van der Waals surface area contributed by atoms with Crippen LogP contribution in [0, 0.1) is 0 Å². The van der Waals surface area contributed by atoms with Crippen LogP contribution in [0.3, 0.4) is 0 Å². The molecular weight excluding hydrogens is 653 g/mol. The van der Waals surface area contributed by atoms with Crippen molar-refractivity contribution in [3.05, 3.63) is 88.0 Å². The smallest absolute Gasteiger partial charge is 0.210 e. The Morgan fingerprint density at radius 1 is 0.352 bits per heavy atom. The van der Waals surface area contributed by atoms with Crippen LogP contribution >= 0.6 is 0 Å². The number of nitrogens with zero attached hydrogens (tertiary/aromatic N) is 2. The third-order valence-electron chi connectivity index (χ3n) is 12.0. The van der Waals surface area contributed by atoms with Gasteiger partial charge in [-0.2, -0.15) is 0 Å². The van der Waals surface area contributed by atoms with E-state index in [0.29, 0.717) is 0 Å². The van der Waals surface area contributed by atoms with Crippen molar-refractivity contribution in [2.24, 2.45) is 0 Å². The molecule has 0 N–H and O–H groups in total. The van der Waals surface area contributed by atoms with E-state index in [2.05, 4.69) is 75.4 Å². The molecule has 2 aromatic carbocycles. The van der Waals surface area contributed by atoms with E-state index >= 15 is 0 Å². The SMILES string of the molecule is CCCCCCCCCCCCCCCCCCCCCCCCCCc1ccc(C2=C(CCCC)C=C(c3ccc(CCCCCC)cc3)[N+]2=[N-])cc1. The van der Waals surface area contributed by atoms with Gasteiger partial charge in [0.1, 0.15) is 0 Å². The maximum Gasteiger partial charge on any atom is 0.210 e. The lowest BCUT2D eigenvalue weighted by Gasteiger charge is -2.11. The van der Waals surface area contributed by atoms with E-state index < -0.39 is 0 Å². The molecule has 0 bridgehead atoms. The zero-order valence-electron chi connectivity index (χ0n) is 35.9. The fourth-order valence-corrected chi connectivity index (χ4v) is 8.34. The molecule has 1 aliphatic rings. The van der Waals surface area contributed by atoms with Gasteiger partial charge in [-0.3, -0.25) is 0 Å². The number of rotatable bonds is 35. The van der Waals surface area contributed by atoms with E-state index in [1.807, 2.05) is 0 Å². The number of hydrogen-bond acceptors (Lipinski definition) is 0. The molecule has 2 nitrogen and oxygen atoms in total. The van der Waals surface area contributed by atoms with Crippen molar-refractivity contribution in [3.8, 4) is 0 Å². The van der Waals surface area contributed by atoms with E-state index in [1.165, 1.54) is 201 Å². The Labute approximate surface area is 335 Å². The second-order valence-electron chi connectivity index (χ2n) is 16.9. The maximum atomic E-state index is 11.5. The summed E-state index contributed by atoms with van der Waals surface area (Å²) in [5.74, 6) is 0. The first-order valence-electron chi connectivity index (χ1n) is 23.8. The molecule has 2 aromatic rings. The highest BCUT2D eigenvalue weighted by Gasteiger charge is 2.28. The van der Waals surface area contributed by atoms with Crippen LogP contribution in [0.4, 0.5) is 0 Å². The van der Waals surface area contributed by atoms with Gasteiger partial charge in [-0.25, -0.2) is 4.70 Å². The van der Waals surface area contributed by atoms with Crippen molar-refractivity contribution < 1.29 is 4.70 Å². The van der Waals surface area contributed by atoms with Crippen LogP contribution in [0.5, 0.6) is 0 Å². The van der Waals surface area contributed by atoms with Gasteiger partial charge in [0.05, 0.1) is 0 Å².